The molecule has 0 saturated carbocycles. The lowest BCUT2D eigenvalue weighted by Gasteiger charge is -2.25. The molecule has 0 saturated heterocycles. The van der Waals surface area contributed by atoms with Crippen LogP contribution in [0.5, 0.6) is 0 Å². The van der Waals surface area contributed by atoms with Crippen LogP contribution in [-0.2, 0) is 4.74 Å². The summed E-state index contributed by atoms with van der Waals surface area (Å²) in [5.74, 6) is 0.322. The maximum atomic E-state index is 11.9. The number of carbonyl (C=O) groups is 1. The van der Waals surface area contributed by atoms with Crippen molar-refractivity contribution in [1.82, 2.24) is 9.97 Å². The number of methoxy groups -OCH3 is 1. The average Bonchev–Trinajstić information content (AvgIpc) is 2.70. The first-order valence-corrected chi connectivity index (χ1v) is 9.06. The lowest BCUT2D eigenvalue weighted by atomic mass is 10.1. The van der Waals surface area contributed by atoms with Gasteiger partial charge in [-0.1, -0.05) is 6.07 Å². The Kier molecular flexibility index (Phi) is 5.35. The molecule has 0 atom stereocenters. The fourth-order valence-corrected chi connectivity index (χ4v) is 2.91. The Balaban J connectivity index is 2.23. The van der Waals surface area contributed by atoms with Gasteiger partial charge in [0.25, 0.3) is 0 Å². The molecule has 3 N–H and O–H groups in total. The lowest BCUT2D eigenvalue weighted by Crippen LogP contribution is -2.27. The van der Waals surface area contributed by atoms with Crippen molar-refractivity contribution in [2.45, 2.75) is 19.9 Å². The molecule has 2 aromatic carbocycles. The molecule has 7 nitrogen and oxygen atoms in total. The fourth-order valence-electron chi connectivity index (χ4n) is 2.91. The van der Waals surface area contributed by atoms with E-state index < -0.39 is 5.97 Å². The van der Waals surface area contributed by atoms with Crippen LogP contribution in [0.1, 0.15) is 24.2 Å². The monoisotopic (exact) mass is 379 g/mol. The lowest BCUT2D eigenvalue weighted by molar-refractivity contribution is 0.0601. The number of hydrogen-bond donors (Lipinski definition) is 2. The van der Waals surface area contributed by atoms with E-state index in [9.17, 15) is 4.79 Å². The predicted molar refractivity (Wildman–Crippen MR) is 114 cm³/mol. The fraction of sp³-hybridized carbons (Fsp3) is 0.286. The number of aromatic nitrogens is 2. The summed E-state index contributed by atoms with van der Waals surface area (Å²) in [6.07, 6.45) is 0. The molecular weight excluding hydrogens is 354 g/mol. The minimum Gasteiger partial charge on any atom is -0.465 e. The van der Waals surface area contributed by atoms with Crippen molar-refractivity contribution in [3.63, 3.8) is 0 Å². The number of nitrogen functional groups attached to an aromatic ring is 1. The Morgan fingerprint density at radius 2 is 1.89 bits per heavy atom. The van der Waals surface area contributed by atoms with Gasteiger partial charge in [-0.25, -0.2) is 14.8 Å². The molecule has 28 heavy (non-hydrogen) atoms. The molecule has 0 unspecified atom stereocenters. The number of rotatable bonds is 5. The third kappa shape index (κ3) is 3.55. The summed E-state index contributed by atoms with van der Waals surface area (Å²) < 4.78 is 4.81. The van der Waals surface area contributed by atoms with Gasteiger partial charge >= 0.3 is 5.97 Å². The van der Waals surface area contributed by atoms with Crippen molar-refractivity contribution < 1.29 is 9.53 Å². The molecule has 146 valence electrons. The maximum absolute atomic E-state index is 11.9. The van der Waals surface area contributed by atoms with Crippen LogP contribution in [0.2, 0.25) is 0 Å². The van der Waals surface area contributed by atoms with E-state index in [0.29, 0.717) is 22.3 Å². The molecule has 1 heterocycles. The highest BCUT2D eigenvalue weighted by Crippen LogP contribution is 2.33. The zero-order valence-corrected chi connectivity index (χ0v) is 16.8. The van der Waals surface area contributed by atoms with Gasteiger partial charge < -0.3 is 20.7 Å². The molecule has 0 bridgehead atoms. The number of nitrogens with two attached hydrogens (primary N) is 1. The Hall–Kier alpha value is -3.35. The number of fused-ring (bicyclic) bond motifs is 1. The van der Waals surface area contributed by atoms with E-state index in [1.54, 1.807) is 18.2 Å². The smallest absolute Gasteiger partial charge is 0.337 e. The maximum Gasteiger partial charge on any atom is 0.337 e. The minimum absolute atomic E-state index is 0.211. The topological polar surface area (TPSA) is 93.4 Å². The molecule has 3 rings (SSSR count). The van der Waals surface area contributed by atoms with Crippen LogP contribution < -0.4 is 16.0 Å². The third-order valence-electron chi connectivity index (χ3n) is 4.77. The predicted octanol–water partition coefficient (Wildman–Crippen LogP) is 3.55. The largest absolute Gasteiger partial charge is 0.465 e. The second kappa shape index (κ2) is 7.72. The van der Waals surface area contributed by atoms with Crippen molar-refractivity contribution in [2.75, 3.05) is 37.2 Å². The molecule has 0 fully saturated rings. The zero-order valence-electron chi connectivity index (χ0n) is 16.8. The second-order valence-electron chi connectivity index (χ2n) is 6.85. The first-order valence-electron chi connectivity index (χ1n) is 9.06. The first kappa shape index (κ1) is 19.4. The van der Waals surface area contributed by atoms with Crippen LogP contribution in [0, 0.1) is 0 Å². The van der Waals surface area contributed by atoms with E-state index in [0.717, 1.165) is 22.8 Å². The average molecular weight is 379 g/mol. The Bertz CT molecular complexity index is 1030. The highest BCUT2D eigenvalue weighted by molar-refractivity contribution is 5.94. The van der Waals surface area contributed by atoms with E-state index in [2.05, 4.69) is 24.1 Å². The summed E-state index contributed by atoms with van der Waals surface area (Å²) >= 11 is 0. The molecule has 0 amide bonds. The highest BCUT2D eigenvalue weighted by atomic mass is 16.5. The molecule has 3 aromatic rings. The van der Waals surface area contributed by atoms with Gasteiger partial charge in [-0.05, 0) is 44.2 Å². The van der Waals surface area contributed by atoms with Gasteiger partial charge in [0.1, 0.15) is 5.69 Å². The number of nitrogens with zero attached hydrogens (tertiary/aromatic N) is 3. The molecule has 0 aliphatic rings. The van der Waals surface area contributed by atoms with E-state index in [4.69, 9.17) is 20.4 Å². The highest BCUT2D eigenvalue weighted by Gasteiger charge is 2.18. The minimum atomic E-state index is -0.401. The van der Waals surface area contributed by atoms with Crippen LogP contribution in [0.3, 0.4) is 0 Å². The van der Waals surface area contributed by atoms with E-state index >= 15 is 0 Å². The molecule has 0 aliphatic carbocycles. The molecule has 7 heteroatoms. The molecular formula is C21H25N5O2. The molecule has 0 aliphatic heterocycles. The number of anilines is 3. The number of nitrogens with one attached hydrogen (secondary N) is 1. The van der Waals surface area contributed by atoms with Crippen LogP contribution in [0.4, 0.5) is 17.2 Å². The van der Waals surface area contributed by atoms with Gasteiger partial charge in [-0.15, -0.1) is 0 Å². The Morgan fingerprint density at radius 3 is 2.50 bits per heavy atom. The number of ether oxygens (including phenoxy) is 1. The summed E-state index contributed by atoms with van der Waals surface area (Å²) in [7, 11) is 5.16. The quantitative estimate of drug-likeness (QED) is 0.517. The summed E-state index contributed by atoms with van der Waals surface area (Å²) in [5, 5.41) is 3.07. The normalized spacial score (nSPS) is 10.9. The van der Waals surface area contributed by atoms with Crippen LogP contribution >= 0.6 is 0 Å². The van der Waals surface area contributed by atoms with Crippen molar-refractivity contribution in [3.05, 3.63) is 42.0 Å². The van der Waals surface area contributed by atoms with Gasteiger partial charge in [0.05, 0.1) is 35.1 Å². The number of esters is 1. The van der Waals surface area contributed by atoms with Gasteiger partial charge in [0.15, 0.2) is 5.82 Å². The molecule has 1 aromatic heterocycles. The third-order valence-corrected chi connectivity index (χ3v) is 4.77. The van der Waals surface area contributed by atoms with Crippen LogP contribution in [-0.4, -0.2) is 43.2 Å². The van der Waals surface area contributed by atoms with Gasteiger partial charge in [-0.2, -0.15) is 0 Å². The van der Waals surface area contributed by atoms with Crippen molar-refractivity contribution in [1.29, 1.82) is 0 Å². The standard InChI is InChI=1S/C21H25N5O2/c1-12(2)26(4)20-19(13-6-8-16(23-3)15(22)10-13)24-17-9-7-14(21(27)28-5)11-18(17)25-20/h6-12,23H,22H2,1-5H3. The zero-order chi connectivity index (χ0) is 20.4. The van der Waals surface area contributed by atoms with Crippen molar-refractivity contribution in [2.24, 2.45) is 0 Å². The summed E-state index contributed by atoms with van der Waals surface area (Å²) in [5.41, 5.74) is 11.1. The second-order valence-corrected chi connectivity index (χ2v) is 6.85. The van der Waals surface area contributed by atoms with E-state index in [1.807, 2.05) is 32.3 Å². The molecule has 0 radical (unpaired) electrons. The first-order chi connectivity index (χ1) is 13.3. The summed E-state index contributed by atoms with van der Waals surface area (Å²) in [4.78, 5) is 23.6. The van der Waals surface area contributed by atoms with Gasteiger partial charge in [0.2, 0.25) is 0 Å². The van der Waals surface area contributed by atoms with Crippen molar-refractivity contribution in [3.8, 4) is 11.3 Å². The summed E-state index contributed by atoms with van der Waals surface area (Å²) in [6.45, 7) is 4.16. The van der Waals surface area contributed by atoms with Crippen molar-refractivity contribution >= 4 is 34.2 Å². The number of carbonyl (C=O) groups excluding carboxylic acids is 1. The molecule has 0 spiro atoms. The Morgan fingerprint density at radius 1 is 1.14 bits per heavy atom. The van der Waals surface area contributed by atoms with Crippen LogP contribution in [0.15, 0.2) is 36.4 Å². The number of hydrogen-bond acceptors (Lipinski definition) is 7. The number of benzene rings is 2. The van der Waals surface area contributed by atoms with E-state index in [-0.39, 0.29) is 6.04 Å². The summed E-state index contributed by atoms with van der Waals surface area (Å²) in [6, 6.07) is 11.2. The van der Waals surface area contributed by atoms with Gasteiger partial charge in [0, 0.05) is 25.7 Å². The van der Waals surface area contributed by atoms with Gasteiger partial charge in [-0.3, -0.25) is 0 Å². The SMILES string of the molecule is CNc1ccc(-c2nc3ccc(C(=O)OC)cc3nc2N(C)C(C)C)cc1N. The van der Waals surface area contributed by atoms with E-state index in [1.165, 1.54) is 7.11 Å². The Labute approximate surface area is 164 Å². The van der Waals surface area contributed by atoms with Crippen LogP contribution in [0.25, 0.3) is 22.3 Å².